The summed E-state index contributed by atoms with van der Waals surface area (Å²) in [7, 11) is 0. The highest BCUT2D eigenvalue weighted by Gasteiger charge is 2.35. The zero-order valence-corrected chi connectivity index (χ0v) is 14.7. The molecule has 0 spiro atoms. The molecule has 0 saturated carbocycles. The third kappa shape index (κ3) is 3.80. The van der Waals surface area contributed by atoms with Gasteiger partial charge in [0.25, 0.3) is 0 Å². The Morgan fingerprint density at radius 2 is 1.92 bits per heavy atom. The fourth-order valence-corrected chi connectivity index (χ4v) is 3.59. The molecule has 1 aromatic rings. The maximum absolute atomic E-state index is 12.0. The van der Waals surface area contributed by atoms with Crippen molar-refractivity contribution >= 4 is 29.3 Å². The highest BCUT2D eigenvalue weighted by atomic mass is 16.4. The highest BCUT2D eigenvalue weighted by molar-refractivity contribution is 6.05. The Kier molecular flexibility index (Phi) is 4.86. The third-order valence-corrected chi connectivity index (χ3v) is 5.06. The molecule has 3 N–H and O–H groups in total. The minimum absolute atomic E-state index is 0.235. The SMILES string of the molecule is Cc1cc(N2CCC(=O)NC2=O)ccc1N1CCC(O)(CC(=O)O)CC1. The predicted molar refractivity (Wildman–Crippen MR) is 95.3 cm³/mol. The van der Waals surface area contributed by atoms with Crippen molar-refractivity contribution in [3.05, 3.63) is 23.8 Å². The maximum atomic E-state index is 12.0. The number of carbonyl (C=O) groups excluding carboxylic acids is 2. The zero-order valence-electron chi connectivity index (χ0n) is 14.7. The van der Waals surface area contributed by atoms with Crippen LogP contribution in [-0.2, 0) is 9.59 Å². The summed E-state index contributed by atoms with van der Waals surface area (Å²) in [5.74, 6) is -1.25. The van der Waals surface area contributed by atoms with E-state index in [1.807, 2.05) is 25.1 Å². The van der Waals surface area contributed by atoms with Gasteiger partial charge in [-0.3, -0.25) is 19.8 Å². The molecule has 2 saturated heterocycles. The van der Waals surface area contributed by atoms with Gasteiger partial charge in [0.15, 0.2) is 0 Å². The number of aliphatic carboxylic acids is 1. The van der Waals surface area contributed by atoms with Gasteiger partial charge in [-0.25, -0.2) is 4.79 Å². The number of anilines is 2. The summed E-state index contributed by atoms with van der Waals surface area (Å²) in [6.45, 7) is 3.45. The molecule has 140 valence electrons. The molecular formula is C18H23N3O5. The smallest absolute Gasteiger partial charge is 0.328 e. The lowest BCUT2D eigenvalue weighted by atomic mass is 9.88. The number of carboxylic acid groups (broad SMARTS) is 1. The molecule has 0 bridgehead atoms. The molecule has 26 heavy (non-hydrogen) atoms. The zero-order chi connectivity index (χ0) is 18.9. The Morgan fingerprint density at radius 3 is 2.50 bits per heavy atom. The molecule has 8 heteroatoms. The number of benzene rings is 1. The van der Waals surface area contributed by atoms with Crippen LogP contribution in [-0.4, -0.2) is 53.4 Å². The van der Waals surface area contributed by atoms with Gasteiger partial charge in [0, 0.05) is 37.4 Å². The summed E-state index contributed by atoms with van der Waals surface area (Å²) in [6, 6.07) is 5.26. The molecule has 2 aliphatic rings. The Morgan fingerprint density at radius 1 is 1.23 bits per heavy atom. The number of rotatable bonds is 4. The number of carbonyl (C=O) groups is 3. The van der Waals surface area contributed by atoms with Crippen LogP contribution in [0, 0.1) is 6.92 Å². The number of hydrogen-bond acceptors (Lipinski definition) is 5. The van der Waals surface area contributed by atoms with Crippen molar-refractivity contribution < 1.29 is 24.6 Å². The summed E-state index contributed by atoms with van der Waals surface area (Å²) >= 11 is 0. The molecule has 3 amide bonds. The molecular weight excluding hydrogens is 338 g/mol. The van der Waals surface area contributed by atoms with Gasteiger partial charge in [0.05, 0.1) is 12.0 Å². The number of aryl methyl sites for hydroxylation is 1. The first-order valence-electron chi connectivity index (χ1n) is 8.68. The lowest BCUT2D eigenvalue weighted by Gasteiger charge is -2.39. The average Bonchev–Trinajstić information content (AvgIpc) is 2.55. The summed E-state index contributed by atoms with van der Waals surface area (Å²) in [6.07, 6.45) is 0.844. The number of aliphatic hydroxyl groups is 1. The average molecular weight is 361 g/mol. The number of amides is 3. The van der Waals surface area contributed by atoms with Crippen molar-refractivity contribution in [2.75, 3.05) is 29.4 Å². The van der Waals surface area contributed by atoms with Crippen molar-refractivity contribution in [2.45, 2.75) is 38.2 Å². The Labute approximate surface area is 151 Å². The van der Waals surface area contributed by atoms with E-state index in [0.29, 0.717) is 32.5 Å². The normalized spacial score (nSPS) is 20.1. The number of carboxylic acids is 1. The largest absolute Gasteiger partial charge is 0.481 e. The highest BCUT2D eigenvalue weighted by Crippen LogP contribution is 2.32. The number of nitrogens with one attached hydrogen (secondary N) is 1. The molecule has 3 rings (SSSR count). The van der Waals surface area contributed by atoms with Crippen molar-refractivity contribution in [3.8, 4) is 0 Å². The van der Waals surface area contributed by atoms with E-state index >= 15 is 0 Å². The van der Waals surface area contributed by atoms with Crippen LogP contribution in [0.3, 0.4) is 0 Å². The van der Waals surface area contributed by atoms with E-state index in [1.54, 1.807) is 4.90 Å². The third-order valence-electron chi connectivity index (χ3n) is 5.06. The first-order chi connectivity index (χ1) is 12.3. The topological polar surface area (TPSA) is 110 Å². The fourth-order valence-electron chi connectivity index (χ4n) is 3.59. The van der Waals surface area contributed by atoms with E-state index in [0.717, 1.165) is 16.9 Å². The van der Waals surface area contributed by atoms with E-state index in [9.17, 15) is 19.5 Å². The van der Waals surface area contributed by atoms with E-state index in [4.69, 9.17) is 5.11 Å². The second-order valence-electron chi connectivity index (χ2n) is 7.01. The molecule has 2 aliphatic heterocycles. The molecule has 0 atom stereocenters. The van der Waals surface area contributed by atoms with Crippen LogP contribution < -0.4 is 15.1 Å². The molecule has 2 heterocycles. The second kappa shape index (κ2) is 6.95. The van der Waals surface area contributed by atoms with Crippen LogP contribution in [0.5, 0.6) is 0 Å². The summed E-state index contributed by atoms with van der Waals surface area (Å²) in [5.41, 5.74) is 1.57. The van der Waals surface area contributed by atoms with Gasteiger partial charge in [0.2, 0.25) is 5.91 Å². The standard InChI is InChI=1S/C18H23N3O5/c1-12-10-13(21-7-4-15(22)19-17(21)25)2-3-14(12)20-8-5-18(26,6-9-20)11-16(23)24/h2-3,10,26H,4-9,11H2,1H3,(H,23,24)(H,19,22,25). The van der Waals surface area contributed by atoms with Gasteiger partial charge >= 0.3 is 12.0 Å². The molecule has 1 aromatic carbocycles. The van der Waals surface area contributed by atoms with Gasteiger partial charge < -0.3 is 15.1 Å². The summed E-state index contributed by atoms with van der Waals surface area (Å²) < 4.78 is 0. The van der Waals surface area contributed by atoms with Gasteiger partial charge in [-0.1, -0.05) is 0 Å². The molecule has 2 fully saturated rings. The molecule has 8 nitrogen and oxygen atoms in total. The Bertz CT molecular complexity index is 740. The van der Waals surface area contributed by atoms with E-state index in [-0.39, 0.29) is 18.7 Å². The van der Waals surface area contributed by atoms with Crippen molar-refractivity contribution in [2.24, 2.45) is 0 Å². The van der Waals surface area contributed by atoms with Crippen LogP contribution in [0.1, 0.15) is 31.2 Å². The lowest BCUT2D eigenvalue weighted by molar-refractivity contribution is -0.143. The van der Waals surface area contributed by atoms with Gasteiger partial charge in [0.1, 0.15) is 0 Å². The Balaban J connectivity index is 1.70. The van der Waals surface area contributed by atoms with Crippen LogP contribution in [0.2, 0.25) is 0 Å². The van der Waals surface area contributed by atoms with Crippen molar-refractivity contribution in [3.63, 3.8) is 0 Å². The van der Waals surface area contributed by atoms with Crippen LogP contribution >= 0.6 is 0 Å². The van der Waals surface area contributed by atoms with E-state index in [2.05, 4.69) is 10.2 Å². The van der Waals surface area contributed by atoms with Crippen molar-refractivity contribution in [1.82, 2.24) is 5.32 Å². The number of urea groups is 1. The van der Waals surface area contributed by atoms with Crippen LogP contribution in [0.25, 0.3) is 0 Å². The first kappa shape index (κ1) is 18.2. The number of hydrogen-bond donors (Lipinski definition) is 3. The number of nitrogens with zero attached hydrogens (tertiary/aromatic N) is 2. The fraction of sp³-hybridized carbons (Fsp3) is 0.500. The van der Waals surface area contributed by atoms with Gasteiger partial charge in [-0.05, 0) is 43.5 Å². The molecule has 0 aliphatic carbocycles. The minimum atomic E-state index is -1.14. The van der Waals surface area contributed by atoms with Gasteiger partial charge in [-0.2, -0.15) is 0 Å². The predicted octanol–water partition coefficient (Wildman–Crippen LogP) is 1.25. The van der Waals surface area contributed by atoms with Crippen molar-refractivity contribution in [1.29, 1.82) is 0 Å². The maximum Gasteiger partial charge on any atom is 0.328 e. The van der Waals surface area contributed by atoms with Crippen LogP contribution in [0.15, 0.2) is 18.2 Å². The summed E-state index contributed by atoms with van der Waals surface area (Å²) in [5, 5.41) is 21.6. The quantitative estimate of drug-likeness (QED) is 0.744. The minimum Gasteiger partial charge on any atom is -0.481 e. The van der Waals surface area contributed by atoms with Gasteiger partial charge in [-0.15, -0.1) is 0 Å². The second-order valence-corrected chi connectivity index (χ2v) is 7.01. The van der Waals surface area contributed by atoms with E-state index < -0.39 is 17.6 Å². The molecule has 0 unspecified atom stereocenters. The molecule has 0 aromatic heterocycles. The number of piperidine rings is 1. The monoisotopic (exact) mass is 361 g/mol. The lowest BCUT2D eigenvalue weighted by Crippen LogP contribution is -2.49. The number of imide groups is 1. The Hall–Kier alpha value is -2.61. The molecule has 0 radical (unpaired) electrons. The van der Waals surface area contributed by atoms with Crippen LogP contribution in [0.4, 0.5) is 16.2 Å². The first-order valence-corrected chi connectivity index (χ1v) is 8.68. The van der Waals surface area contributed by atoms with E-state index in [1.165, 1.54) is 0 Å². The summed E-state index contributed by atoms with van der Waals surface area (Å²) in [4.78, 5) is 37.8.